The van der Waals surface area contributed by atoms with E-state index in [4.69, 9.17) is 9.52 Å². The lowest BCUT2D eigenvalue weighted by atomic mass is 9.85. The fourth-order valence-electron chi connectivity index (χ4n) is 1.71. The van der Waals surface area contributed by atoms with Crippen LogP contribution in [0.2, 0.25) is 0 Å². The molecule has 1 unspecified atom stereocenters. The standard InChI is InChI=1S/C13H21NO3/c1-9-10(6-8-17-9)12(16)14-11(5-7-15)13(2,3)4/h6,8,11,15H,5,7H2,1-4H3,(H,14,16). The van der Waals surface area contributed by atoms with Gasteiger partial charge in [0.25, 0.3) is 5.91 Å². The third-order valence-corrected chi connectivity index (χ3v) is 2.87. The minimum Gasteiger partial charge on any atom is -0.469 e. The Morgan fingerprint density at radius 3 is 2.59 bits per heavy atom. The van der Waals surface area contributed by atoms with Crippen LogP contribution in [0, 0.1) is 12.3 Å². The average Bonchev–Trinajstić information content (AvgIpc) is 2.62. The molecule has 0 saturated heterocycles. The van der Waals surface area contributed by atoms with E-state index in [0.717, 1.165) is 0 Å². The molecule has 1 aromatic rings. The van der Waals surface area contributed by atoms with Crippen molar-refractivity contribution in [2.24, 2.45) is 5.41 Å². The highest BCUT2D eigenvalue weighted by molar-refractivity contribution is 5.95. The van der Waals surface area contributed by atoms with Crippen LogP contribution in [0.3, 0.4) is 0 Å². The van der Waals surface area contributed by atoms with Gasteiger partial charge >= 0.3 is 0 Å². The second kappa shape index (κ2) is 5.36. The molecule has 4 nitrogen and oxygen atoms in total. The molecule has 1 aromatic heterocycles. The van der Waals surface area contributed by atoms with E-state index in [2.05, 4.69) is 5.32 Å². The summed E-state index contributed by atoms with van der Waals surface area (Å²) in [4.78, 5) is 12.0. The number of hydrogen-bond acceptors (Lipinski definition) is 3. The van der Waals surface area contributed by atoms with E-state index in [1.54, 1.807) is 13.0 Å². The van der Waals surface area contributed by atoms with Crippen molar-refractivity contribution < 1.29 is 14.3 Å². The van der Waals surface area contributed by atoms with Crippen LogP contribution >= 0.6 is 0 Å². The quantitative estimate of drug-likeness (QED) is 0.846. The molecule has 0 bridgehead atoms. The molecular weight excluding hydrogens is 218 g/mol. The summed E-state index contributed by atoms with van der Waals surface area (Å²) in [6, 6.07) is 1.60. The van der Waals surface area contributed by atoms with Gasteiger partial charge in [-0.15, -0.1) is 0 Å². The van der Waals surface area contributed by atoms with Crippen molar-refractivity contribution >= 4 is 5.91 Å². The lowest BCUT2D eigenvalue weighted by Crippen LogP contribution is -2.44. The zero-order chi connectivity index (χ0) is 13.1. The zero-order valence-corrected chi connectivity index (χ0v) is 10.9. The summed E-state index contributed by atoms with van der Waals surface area (Å²) >= 11 is 0. The minimum atomic E-state index is -0.148. The highest BCUT2D eigenvalue weighted by atomic mass is 16.3. The van der Waals surface area contributed by atoms with Crippen LogP contribution in [0.4, 0.5) is 0 Å². The van der Waals surface area contributed by atoms with Crippen LogP contribution in [0.5, 0.6) is 0 Å². The van der Waals surface area contributed by atoms with Gasteiger partial charge in [0.1, 0.15) is 5.76 Å². The zero-order valence-electron chi connectivity index (χ0n) is 10.9. The molecule has 1 amide bonds. The number of hydrogen-bond donors (Lipinski definition) is 2. The first-order valence-electron chi connectivity index (χ1n) is 5.82. The van der Waals surface area contributed by atoms with E-state index in [-0.39, 0.29) is 24.0 Å². The molecule has 1 heterocycles. The maximum atomic E-state index is 12.0. The summed E-state index contributed by atoms with van der Waals surface area (Å²) in [6.45, 7) is 7.93. The van der Waals surface area contributed by atoms with Crippen LogP contribution in [0.25, 0.3) is 0 Å². The topological polar surface area (TPSA) is 62.5 Å². The van der Waals surface area contributed by atoms with E-state index in [1.807, 2.05) is 20.8 Å². The Kier molecular flexibility index (Phi) is 4.34. The number of rotatable bonds is 4. The predicted octanol–water partition coefficient (Wildman–Crippen LogP) is 2.11. The van der Waals surface area contributed by atoms with Crippen molar-refractivity contribution in [2.45, 2.75) is 40.2 Å². The number of aliphatic hydroxyl groups is 1. The van der Waals surface area contributed by atoms with Crippen LogP contribution in [0.15, 0.2) is 16.7 Å². The second-order valence-corrected chi connectivity index (χ2v) is 5.29. The van der Waals surface area contributed by atoms with Crippen LogP contribution in [-0.4, -0.2) is 23.7 Å². The number of furan rings is 1. The largest absolute Gasteiger partial charge is 0.469 e. The number of carbonyl (C=O) groups is 1. The molecule has 0 spiro atoms. The number of aliphatic hydroxyl groups excluding tert-OH is 1. The summed E-state index contributed by atoms with van der Waals surface area (Å²) in [7, 11) is 0. The van der Waals surface area contributed by atoms with E-state index < -0.39 is 0 Å². The van der Waals surface area contributed by atoms with Gasteiger partial charge in [0.2, 0.25) is 0 Å². The van der Waals surface area contributed by atoms with Crippen LogP contribution in [0.1, 0.15) is 43.3 Å². The third-order valence-electron chi connectivity index (χ3n) is 2.87. The molecule has 0 aliphatic heterocycles. The summed E-state index contributed by atoms with van der Waals surface area (Å²) < 4.78 is 5.10. The van der Waals surface area contributed by atoms with Crippen molar-refractivity contribution in [2.75, 3.05) is 6.61 Å². The Bertz CT molecular complexity index is 376. The lowest BCUT2D eigenvalue weighted by Gasteiger charge is -2.31. The van der Waals surface area contributed by atoms with E-state index in [1.165, 1.54) is 6.26 Å². The third kappa shape index (κ3) is 3.60. The lowest BCUT2D eigenvalue weighted by molar-refractivity contribution is 0.0883. The monoisotopic (exact) mass is 239 g/mol. The summed E-state index contributed by atoms with van der Waals surface area (Å²) in [6.07, 6.45) is 2.05. The van der Waals surface area contributed by atoms with Gasteiger partial charge in [0.15, 0.2) is 0 Å². The SMILES string of the molecule is Cc1occc1C(=O)NC(CCO)C(C)(C)C. The van der Waals surface area contributed by atoms with E-state index in [0.29, 0.717) is 17.7 Å². The summed E-state index contributed by atoms with van der Waals surface area (Å²) in [5.74, 6) is 0.462. The molecule has 17 heavy (non-hydrogen) atoms. The molecule has 0 radical (unpaired) electrons. The highest BCUT2D eigenvalue weighted by Gasteiger charge is 2.26. The molecule has 4 heteroatoms. The Hall–Kier alpha value is -1.29. The average molecular weight is 239 g/mol. The minimum absolute atomic E-state index is 0.0608. The van der Waals surface area contributed by atoms with Crippen molar-refractivity contribution in [1.29, 1.82) is 0 Å². The maximum absolute atomic E-state index is 12.0. The molecular formula is C13H21NO3. The van der Waals surface area contributed by atoms with Gasteiger partial charge in [-0.3, -0.25) is 4.79 Å². The van der Waals surface area contributed by atoms with Gasteiger partial charge in [-0.2, -0.15) is 0 Å². The first-order chi connectivity index (χ1) is 7.86. The maximum Gasteiger partial charge on any atom is 0.255 e. The van der Waals surface area contributed by atoms with Gasteiger partial charge in [-0.1, -0.05) is 20.8 Å². The van der Waals surface area contributed by atoms with Gasteiger partial charge in [0, 0.05) is 12.6 Å². The Balaban J connectivity index is 2.75. The Labute approximate surface area is 102 Å². The van der Waals surface area contributed by atoms with Crippen molar-refractivity contribution in [3.8, 4) is 0 Å². The molecule has 0 fully saturated rings. The smallest absolute Gasteiger partial charge is 0.255 e. The molecule has 1 rings (SSSR count). The molecule has 0 aliphatic carbocycles. The van der Waals surface area contributed by atoms with Gasteiger partial charge in [0.05, 0.1) is 11.8 Å². The Morgan fingerprint density at radius 2 is 2.18 bits per heavy atom. The number of aryl methyl sites for hydroxylation is 1. The number of amides is 1. The van der Waals surface area contributed by atoms with Gasteiger partial charge in [-0.05, 0) is 24.8 Å². The van der Waals surface area contributed by atoms with Gasteiger partial charge in [-0.25, -0.2) is 0 Å². The van der Waals surface area contributed by atoms with Crippen molar-refractivity contribution in [3.63, 3.8) is 0 Å². The summed E-state index contributed by atoms with van der Waals surface area (Å²) in [5, 5.41) is 12.0. The predicted molar refractivity (Wildman–Crippen MR) is 65.9 cm³/mol. The molecule has 0 saturated carbocycles. The highest BCUT2D eigenvalue weighted by Crippen LogP contribution is 2.22. The van der Waals surface area contributed by atoms with E-state index >= 15 is 0 Å². The molecule has 96 valence electrons. The van der Waals surface area contributed by atoms with E-state index in [9.17, 15) is 4.79 Å². The fourth-order valence-corrected chi connectivity index (χ4v) is 1.71. The Morgan fingerprint density at radius 1 is 1.53 bits per heavy atom. The summed E-state index contributed by atoms with van der Waals surface area (Å²) in [5.41, 5.74) is 0.466. The van der Waals surface area contributed by atoms with Crippen LogP contribution in [-0.2, 0) is 0 Å². The van der Waals surface area contributed by atoms with Crippen molar-refractivity contribution in [3.05, 3.63) is 23.7 Å². The first-order valence-corrected chi connectivity index (χ1v) is 5.82. The number of nitrogens with one attached hydrogen (secondary N) is 1. The molecule has 1 atom stereocenters. The fraction of sp³-hybridized carbons (Fsp3) is 0.615. The first kappa shape index (κ1) is 13.8. The normalized spacial score (nSPS) is 13.5. The number of carbonyl (C=O) groups excluding carboxylic acids is 1. The second-order valence-electron chi connectivity index (χ2n) is 5.29. The van der Waals surface area contributed by atoms with Crippen LogP contribution < -0.4 is 5.32 Å². The molecule has 0 aromatic carbocycles. The van der Waals surface area contributed by atoms with Gasteiger partial charge < -0.3 is 14.8 Å². The molecule has 0 aliphatic rings. The van der Waals surface area contributed by atoms with Crippen molar-refractivity contribution in [1.82, 2.24) is 5.32 Å². The molecule has 2 N–H and O–H groups in total.